The minimum atomic E-state index is 0.246. The molecule has 1 aromatic heterocycles. The van der Waals surface area contributed by atoms with E-state index in [1.807, 2.05) is 25.1 Å². The third kappa shape index (κ3) is 4.01. The Kier molecular flexibility index (Phi) is 4.60. The third-order valence-corrected chi connectivity index (χ3v) is 2.76. The zero-order valence-corrected chi connectivity index (χ0v) is 11.4. The van der Waals surface area contributed by atoms with Crippen molar-refractivity contribution in [3.8, 4) is 5.75 Å². The first-order valence-electron chi connectivity index (χ1n) is 6.57. The molecule has 2 rings (SSSR count). The van der Waals surface area contributed by atoms with Gasteiger partial charge in [-0.15, -0.1) is 0 Å². The number of phenolic OH excluding ortho intramolecular Hbond substituents is 1. The molecule has 20 heavy (non-hydrogen) atoms. The molecule has 1 heterocycles. The molecule has 6 heteroatoms. The quantitative estimate of drug-likeness (QED) is 0.641. The van der Waals surface area contributed by atoms with Gasteiger partial charge in [-0.2, -0.15) is 9.97 Å². The van der Waals surface area contributed by atoms with Gasteiger partial charge < -0.3 is 21.5 Å². The normalized spacial score (nSPS) is 10.2. The summed E-state index contributed by atoms with van der Waals surface area (Å²) in [5, 5.41) is 15.5. The van der Waals surface area contributed by atoms with Crippen LogP contribution in [0.2, 0.25) is 0 Å². The number of phenols is 1. The van der Waals surface area contributed by atoms with Gasteiger partial charge in [-0.1, -0.05) is 12.1 Å². The summed E-state index contributed by atoms with van der Waals surface area (Å²) in [7, 11) is 0. The average Bonchev–Trinajstić information content (AvgIpc) is 2.41. The van der Waals surface area contributed by atoms with E-state index in [1.165, 1.54) is 0 Å². The lowest BCUT2D eigenvalue weighted by Crippen LogP contribution is -2.10. The number of hydrogen-bond acceptors (Lipinski definition) is 6. The predicted molar refractivity (Wildman–Crippen MR) is 80.9 cm³/mol. The van der Waals surface area contributed by atoms with Crippen LogP contribution in [0.1, 0.15) is 12.5 Å². The molecule has 0 unspecified atom stereocenters. The molecule has 0 saturated heterocycles. The highest BCUT2D eigenvalue weighted by molar-refractivity contribution is 5.51. The molecule has 0 spiro atoms. The summed E-state index contributed by atoms with van der Waals surface area (Å²) in [6, 6.07) is 8.99. The summed E-state index contributed by atoms with van der Waals surface area (Å²) in [4.78, 5) is 8.22. The molecule has 1 aromatic carbocycles. The highest BCUT2D eigenvalue weighted by Gasteiger charge is 2.01. The van der Waals surface area contributed by atoms with E-state index < -0.39 is 0 Å². The SMILES string of the molecule is CCNc1cc(NCCc2ccc(O)cc2)nc(N)n1. The smallest absolute Gasteiger partial charge is 0.223 e. The van der Waals surface area contributed by atoms with Crippen molar-refractivity contribution in [1.29, 1.82) is 0 Å². The molecule has 0 bridgehead atoms. The van der Waals surface area contributed by atoms with E-state index in [2.05, 4.69) is 20.6 Å². The maximum atomic E-state index is 9.22. The minimum Gasteiger partial charge on any atom is -0.508 e. The van der Waals surface area contributed by atoms with E-state index in [9.17, 15) is 5.11 Å². The molecule has 2 aromatic rings. The third-order valence-electron chi connectivity index (χ3n) is 2.76. The first-order valence-corrected chi connectivity index (χ1v) is 6.57. The Labute approximate surface area is 118 Å². The average molecular weight is 273 g/mol. The first kappa shape index (κ1) is 13.9. The van der Waals surface area contributed by atoms with Gasteiger partial charge in [0.15, 0.2) is 0 Å². The van der Waals surface area contributed by atoms with Crippen molar-refractivity contribution in [2.24, 2.45) is 0 Å². The fourth-order valence-electron chi connectivity index (χ4n) is 1.83. The van der Waals surface area contributed by atoms with Crippen molar-refractivity contribution in [3.63, 3.8) is 0 Å². The van der Waals surface area contributed by atoms with E-state index in [4.69, 9.17) is 5.73 Å². The van der Waals surface area contributed by atoms with Crippen LogP contribution in [-0.2, 0) is 6.42 Å². The largest absolute Gasteiger partial charge is 0.508 e. The molecule has 0 aliphatic heterocycles. The number of aromatic hydroxyl groups is 1. The van der Waals surface area contributed by atoms with Crippen molar-refractivity contribution in [2.45, 2.75) is 13.3 Å². The second-order valence-electron chi connectivity index (χ2n) is 4.37. The summed E-state index contributed by atoms with van der Waals surface area (Å²) in [5.41, 5.74) is 6.80. The summed E-state index contributed by atoms with van der Waals surface area (Å²) in [5.74, 6) is 1.94. The number of nitrogens with one attached hydrogen (secondary N) is 2. The van der Waals surface area contributed by atoms with Crippen LogP contribution in [-0.4, -0.2) is 28.2 Å². The second-order valence-corrected chi connectivity index (χ2v) is 4.37. The van der Waals surface area contributed by atoms with Gasteiger partial charge in [-0.05, 0) is 31.0 Å². The van der Waals surface area contributed by atoms with Crippen molar-refractivity contribution in [1.82, 2.24) is 9.97 Å². The van der Waals surface area contributed by atoms with Crippen LogP contribution < -0.4 is 16.4 Å². The van der Waals surface area contributed by atoms with E-state index in [1.54, 1.807) is 12.1 Å². The summed E-state index contributed by atoms with van der Waals surface area (Å²) < 4.78 is 0. The van der Waals surface area contributed by atoms with Crippen LogP contribution in [0, 0.1) is 0 Å². The fraction of sp³-hybridized carbons (Fsp3) is 0.286. The number of hydrogen-bond donors (Lipinski definition) is 4. The van der Waals surface area contributed by atoms with E-state index in [0.29, 0.717) is 11.6 Å². The van der Waals surface area contributed by atoms with E-state index >= 15 is 0 Å². The zero-order valence-electron chi connectivity index (χ0n) is 11.4. The summed E-state index contributed by atoms with van der Waals surface area (Å²) in [6.45, 7) is 3.51. The van der Waals surface area contributed by atoms with Gasteiger partial charge in [0, 0.05) is 19.2 Å². The Hall–Kier alpha value is -2.50. The lowest BCUT2D eigenvalue weighted by molar-refractivity contribution is 0.475. The molecule has 0 amide bonds. The first-order chi connectivity index (χ1) is 9.67. The van der Waals surface area contributed by atoms with E-state index in [-0.39, 0.29) is 11.7 Å². The molecule has 0 aliphatic rings. The zero-order chi connectivity index (χ0) is 14.4. The standard InChI is InChI=1S/C14H19N5O/c1-2-16-12-9-13(19-14(15)18-12)17-8-7-10-3-5-11(20)6-4-10/h3-6,9,20H,2,7-8H2,1H3,(H4,15,16,17,18,19). The molecule has 0 atom stereocenters. The van der Waals surface area contributed by atoms with Gasteiger partial charge in [-0.3, -0.25) is 0 Å². The molecular formula is C14H19N5O. The summed E-state index contributed by atoms with van der Waals surface area (Å²) in [6.07, 6.45) is 0.834. The maximum Gasteiger partial charge on any atom is 0.223 e. The number of benzene rings is 1. The molecule has 0 fully saturated rings. The van der Waals surface area contributed by atoms with Gasteiger partial charge in [0.2, 0.25) is 5.95 Å². The van der Waals surface area contributed by atoms with Gasteiger partial charge in [0.05, 0.1) is 0 Å². The van der Waals surface area contributed by atoms with Crippen molar-refractivity contribution in [2.75, 3.05) is 29.5 Å². The number of nitrogens with zero attached hydrogens (tertiary/aromatic N) is 2. The molecule has 6 nitrogen and oxygen atoms in total. The van der Waals surface area contributed by atoms with Gasteiger partial charge in [-0.25, -0.2) is 0 Å². The van der Waals surface area contributed by atoms with Gasteiger partial charge >= 0.3 is 0 Å². The number of rotatable bonds is 6. The monoisotopic (exact) mass is 273 g/mol. The van der Waals surface area contributed by atoms with Crippen LogP contribution in [0.3, 0.4) is 0 Å². The number of anilines is 3. The highest BCUT2D eigenvalue weighted by atomic mass is 16.3. The molecule has 5 N–H and O–H groups in total. The molecular weight excluding hydrogens is 254 g/mol. The second kappa shape index (κ2) is 6.60. The Balaban J connectivity index is 1.91. The Bertz CT molecular complexity index is 556. The van der Waals surface area contributed by atoms with Crippen molar-refractivity contribution >= 4 is 17.6 Å². The molecule has 0 aliphatic carbocycles. The summed E-state index contributed by atoms with van der Waals surface area (Å²) >= 11 is 0. The fourth-order valence-corrected chi connectivity index (χ4v) is 1.83. The maximum absolute atomic E-state index is 9.22. The van der Waals surface area contributed by atoms with Crippen LogP contribution in [0.4, 0.5) is 17.6 Å². The van der Waals surface area contributed by atoms with Crippen LogP contribution >= 0.6 is 0 Å². The van der Waals surface area contributed by atoms with Gasteiger partial charge in [0.25, 0.3) is 0 Å². The highest BCUT2D eigenvalue weighted by Crippen LogP contribution is 2.13. The van der Waals surface area contributed by atoms with Crippen LogP contribution in [0.25, 0.3) is 0 Å². The Morgan fingerprint density at radius 3 is 2.40 bits per heavy atom. The van der Waals surface area contributed by atoms with Crippen molar-refractivity contribution in [3.05, 3.63) is 35.9 Å². The molecule has 0 radical (unpaired) electrons. The van der Waals surface area contributed by atoms with Crippen molar-refractivity contribution < 1.29 is 5.11 Å². The van der Waals surface area contributed by atoms with Gasteiger partial charge in [0.1, 0.15) is 17.4 Å². The Morgan fingerprint density at radius 1 is 1.10 bits per heavy atom. The molecule has 106 valence electrons. The topological polar surface area (TPSA) is 96.1 Å². The minimum absolute atomic E-state index is 0.246. The molecule has 0 saturated carbocycles. The number of nitrogens with two attached hydrogens (primary N) is 1. The lowest BCUT2D eigenvalue weighted by Gasteiger charge is -2.09. The van der Waals surface area contributed by atoms with E-state index in [0.717, 1.165) is 25.1 Å². The Morgan fingerprint density at radius 2 is 1.75 bits per heavy atom. The number of aromatic nitrogens is 2. The lowest BCUT2D eigenvalue weighted by atomic mass is 10.1. The number of nitrogen functional groups attached to an aromatic ring is 1. The predicted octanol–water partition coefficient (Wildman–Crippen LogP) is 1.85. The van der Waals surface area contributed by atoms with Crippen LogP contribution in [0.5, 0.6) is 5.75 Å². The van der Waals surface area contributed by atoms with Crippen LogP contribution in [0.15, 0.2) is 30.3 Å².